The first-order chi connectivity index (χ1) is 11.7. The first kappa shape index (κ1) is 21.5. The molecule has 0 unspecified atom stereocenters. The zero-order chi connectivity index (χ0) is 17.4. The van der Waals surface area contributed by atoms with E-state index in [1.165, 1.54) is 23.2 Å². The van der Waals surface area contributed by atoms with Crippen LogP contribution >= 0.6 is 24.0 Å². The number of benzene rings is 1. The Morgan fingerprint density at radius 3 is 2.52 bits per heavy atom. The number of hydrogen-bond acceptors (Lipinski definition) is 2. The minimum Gasteiger partial charge on any atom is -0.356 e. The quantitative estimate of drug-likeness (QED) is 0.290. The second kappa shape index (κ2) is 11.1. The molecule has 0 saturated heterocycles. The van der Waals surface area contributed by atoms with E-state index in [1.54, 1.807) is 7.05 Å². The van der Waals surface area contributed by atoms with Crippen molar-refractivity contribution in [2.45, 2.75) is 46.7 Å². The summed E-state index contributed by atoms with van der Waals surface area (Å²) < 4.78 is 2.08. The lowest BCUT2D eigenvalue weighted by Gasteiger charge is -2.12. The van der Waals surface area contributed by atoms with Gasteiger partial charge in [-0.15, -0.1) is 24.0 Å². The maximum atomic E-state index is 4.70. The van der Waals surface area contributed by atoms with Crippen molar-refractivity contribution in [3.8, 4) is 0 Å². The van der Waals surface area contributed by atoms with E-state index in [0.29, 0.717) is 0 Å². The zero-order valence-electron chi connectivity index (χ0n) is 15.7. The van der Waals surface area contributed by atoms with Gasteiger partial charge < -0.3 is 10.6 Å². The number of rotatable bonds is 7. The summed E-state index contributed by atoms with van der Waals surface area (Å²) in [5.74, 6) is 0.845. The van der Waals surface area contributed by atoms with Crippen molar-refractivity contribution in [1.29, 1.82) is 0 Å². The van der Waals surface area contributed by atoms with Crippen LogP contribution in [-0.2, 0) is 13.1 Å². The minimum absolute atomic E-state index is 0. The number of nitrogens with zero attached hydrogens (tertiary/aromatic N) is 3. The summed E-state index contributed by atoms with van der Waals surface area (Å²) >= 11 is 0. The Morgan fingerprint density at radius 2 is 1.88 bits per heavy atom. The van der Waals surface area contributed by atoms with Crippen LogP contribution in [0, 0.1) is 13.8 Å². The van der Waals surface area contributed by atoms with Gasteiger partial charge in [-0.05, 0) is 25.8 Å². The number of aryl methyl sites for hydroxylation is 1. The van der Waals surface area contributed by atoms with E-state index in [-0.39, 0.29) is 24.0 Å². The van der Waals surface area contributed by atoms with Gasteiger partial charge in [-0.1, -0.05) is 43.7 Å². The van der Waals surface area contributed by atoms with Gasteiger partial charge in [0.05, 0.1) is 12.2 Å². The standard InChI is InChI=1S/C19H29N5.HI/c1-5-6-12-21-19(20-4)22-13-18-15(2)23-24(16(18)3)14-17-10-8-7-9-11-17;/h7-11H,5-6,12-14H2,1-4H3,(H2,20,21,22);1H. The molecule has 0 saturated carbocycles. The molecule has 0 aliphatic heterocycles. The number of halogens is 1. The minimum atomic E-state index is 0. The highest BCUT2D eigenvalue weighted by molar-refractivity contribution is 14.0. The largest absolute Gasteiger partial charge is 0.356 e. The molecule has 6 heteroatoms. The highest BCUT2D eigenvalue weighted by Crippen LogP contribution is 2.14. The lowest BCUT2D eigenvalue weighted by molar-refractivity contribution is 0.657. The maximum Gasteiger partial charge on any atom is 0.191 e. The first-order valence-electron chi connectivity index (χ1n) is 8.67. The molecular formula is C19H30IN5. The normalized spacial score (nSPS) is 11.1. The molecule has 5 nitrogen and oxygen atoms in total. The second-order valence-electron chi connectivity index (χ2n) is 6.00. The molecule has 1 heterocycles. The van der Waals surface area contributed by atoms with E-state index in [9.17, 15) is 0 Å². The molecule has 0 amide bonds. The lowest BCUT2D eigenvalue weighted by Crippen LogP contribution is -2.37. The van der Waals surface area contributed by atoms with Crippen molar-refractivity contribution in [1.82, 2.24) is 20.4 Å². The second-order valence-corrected chi connectivity index (χ2v) is 6.00. The van der Waals surface area contributed by atoms with E-state index in [4.69, 9.17) is 5.10 Å². The van der Waals surface area contributed by atoms with Gasteiger partial charge in [0.2, 0.25) is 0 Å². The molecule has 0 spiro atoms. The van der Waals surface area contributed by atoms with Crippen LogP contribution in [0.2, 0.25) is 0 Å². The Bertz CT molecular complexity index is 664. The van der Waals surface area contributed by atoms with Crippen LogP contribution in [0.5, 0.6) is 0 Å². The first-order valence-corrected chi connectivity index (χ1v) is 8.67. The SMILES string of the molecule is CCCCNC(=NC)NCc1c(C)nn(Cc2ccccc2)c1C.I. The highest BCUT2D eigenvalue weighted by atomic mass is 127. The van der Waals surface area contributed by atoms with Crippen LogP contribution < -0.4 is 10.6 Å². The van der Waals surface area contributed by atoms with E-state index >= 15 is 0 Å². The molecule has 0 bridgehead atoms. The maximum absolute atomic E-state index is 4.70. The van der Waals surface area contributed by atoms with Gasteiger partial charge in [0.1, 0.15) is 0 Å². The average Bonchev–Trinajstić information content (AvgIpc) is 2.86. The zero-order valence-corrected chi connectivity index (χ0v) is 18.0. The highest BCUT2D eigenvalue weighted by Gasteiger charge is 2.12. The lowest BCUT2D eigenvalue weighted by atomic mass is 10.2. The fourth-order valence-corrected chi connectivity index (χ4v) is 2.68. The third-order valence-corrected chi connectivity index (χ3v) is 4.19. The molecule has 2 rings (SSSR count). The van der Waals surface area contributed by atoms with Crippen LogP contribution in [0.1, 0.15) is 42.3 Å². The number of aliphatic imine (C=N–C) groups is 1. The Labute approximate surface area is 168 Å². The van der Waals surface area contributed by atoms with E-state index in [0.717, 1.165) is 37.7 Å². The molecule has 2 N–H and O–H groups in total. The molecule has 0 aliphatic carbocycles. The predicted molar refractivity (Wildman–Crippen MR) is 116 cm³/mol. The number of aromatic nitrogens is 2. The molecule has 1 aromatic heterocycles. The molecule has 2 aromatic rings. The fraction of sp³-hybridized carbons (Fsp3) is 0.474. The van der Waals surface area contributed by atoms with E-state index < -0.39 is 0 Å². The van der Waals surface area contributed by atoms with Crippen molar-refractivity contribution in [2.75, 3.05) is 13.6 Å². The van der Waals surface area contributed by atoms with Crippen molar-refractivity contribution >= 4 is 29.9 Å². The molecule has 0 fully saturated rings. The Kier molecular flexibility index (Phi) is 9.55. The summed E-state index contributed by atoms with van der Waals surface area (Å²) in [6.07, 6.45) is 2.32. The van der Waals surface area contributed by atoms with E-state index in [1.807, 2.05) is 6.07 Å². The summed E-state index contributed by atoms with van der Waals surface area (Å²) in [6, 6.07) is 10.4. The summed E-state index contributed by atoms with van der Waals surface area (Å²) in [7, 11) is 1.81. The Morgan fingerprint density at radius 1 is 1.16 bits per heavy atom. The summed E-state index contributed by atoms with van der Waals surface area (Å²) in [5, 5.41) is 11.4. The number of guanidine groups is 1. The smallest absolute Gasteiger partial charge is 0.191 e. The van der Waals surface area contributed by atoms with Gasteiger partial charge in [-0.25, -0.2) is 0 Å². The Balaban J connectivity index is 0.00000312. The summed E-state index contributed by atoms with van der Waals surface area (Å²) in [5.41, 5.74) is 4.77. The Hall–Kier alpha value is -1.57. The molecule has 25 heavy (non-hydrogen) atoms. The molecular weight excluding hydrogens is 425 g/mol. The van der Waals surface area contributed by atoms with Crippen molar-refractivity contribution in [3.63, 3.8) is 0 Å². The van der Waals surface area contributed by atoms with Crippen LogP contribution in [0.15, 0.2) is 35.3 Å². The van der Waals surface area contributed by atoms with Crippen LogP contribution in [0.3, 0.4) is 0 Å². The van der Waals surface area contributed by atoms with Gasteiger partial charge >= 0.3 is 0 Å². The third-order valence-electron chi connectivity index (χ3n) is 4.19. The van der Waals surface area contributed by atoms with Gasteiger partial charge in [0.25, 0.3) is 0 Å². The number of unbranched alkanes of at least 4 members (excludes halogenated alkanes) is 1. The van der Waals surface area contributed by atoms with Crippen molar-refractivity contribution < 1.29 is 0 Å². The van der Waals surface area contributed by atoms with Crippen LogP contribution in [0.4, 0.5) is 0 Å². The van der Waals surface area contributed by atoms with Crippen LogP contribution in [0.25, 0.3) is 0 Å². The summed E-state index contributed by atoms with van der Waals surface area (Å²) in [6.45, 7) is 8.87. The van der Waals surface area contributed by atoms with Gasteiger partial charge in [-0.2, -0.15) is 5.10 Å². The molecule has 0 radical (unpaired) electrons. The molecule has 0 atom stereocenters. The fourth-order valence-electron chi connectivity index (χ4n) is 2.68. The summed E-state index contributed by atoms with van der Waals surface area (Å²) in [4.78, 5) is 4.28. The number of nitrogens with one attached hydrogen (secondary N) is 2. The van der Waals surface area contributed by atoms with Gasteiger partial charge in [0.15, 0.2) is 5.96 Å². The molecule has 138 valence electrons. The van der Waals surface area contributed by atoms with Gasteiger partial charge in [0, 0.05) is 31.4 Å². The molecule has 0 aliphatic rings. The van der Waals surface area contributed by atoms with E-state index in [2.05, 4.69) is 65.3 Å². The van der Waals surface area contributed by atoms with Gasteiger partial charge in [-0.3, -0.25) is 9.67 Å². The third kappa shape index (κ3) is 6.34. The number of hydrogen-bond donors (Lipinski definition) is 2. The van der Waals surface area contributed by atoms with Crippen molar-refractivity contribution in [2.24, 2.45) is 4.99 Å². The van der Waals surface area contributed by atoms with Crippen molar-refractivity contribution in [3.05, 3.63) is 52.8 Å². The monoisotopic (exact) mass is 455 g/mol. The predicted octanol–water partition coefficient (Wildman–Crippen LogP) is 3.63. The van der Waals surface area contributed by atoms with Crippen LogP contribution in [-0.4, -0.2) is 29.3 Å². The average molecular weight is 455 g/mol. The topological polar surface area (TPSA) is 54.2 Å². The molecule has 1 aromatic carbocycles.